The molecule has 172 valence electrons. The summed E-state index contributed by atoms with van der Waals surface area (Å²) in [5, 5.41) is 0. The lowest BCUT2D eigenvalue weighted by atomic mass is 10.0. The number of amides is 3. The second-order valence-electron chi connectivity index (χ2n) is 8.88. The van der Waals surface area contributed by atoms with E-state index < -0.39 is 0 Å². The Labute approximate surface area is 199 Å². The molecular weight excluding hydrogens is 426 g/mol. The third-order valence-electron chi connectivity index (χ3n) is 6.62. The SMILES string of the molecule is Cc1cccc(N2CCN(C(=O)c3ccc4c(c3)C(=O)N(CCc3ccccc3)C4=O)CC2)c1. The van der Waals surface area contributed by atoms with Crippen LogP contribution in [-0.4, -0.2) is 60.2 Å². The Kier molecular flexibility index (Phi) is 5.88. The van der Waals surface area contributed by atoms with Crippen LogP contribution in [0.1, 0.15) is 42.2 Å². The number of hydrogen-bond donors (Lipinski definition) is 0. The van der Waals surface area contributed by atoms with E-state index in [4.69, 9.17) is 0 Å². The average molecular weight is 454 g/mol. The van der Waals surface area contributed by atoms with E-state index in [-0.39, 0.29) is 17.7 Å². The summed E-state index contributed by atoms with van der Waals surface area (Å²) in [5.74, 6) is -0.716. The monoisotopic (exact) mass is 453 g/mol. The van der Waals surface area contributed by atoms with Crippen LogP contribution < -0.4 is 4.90 Å². The number of fused-ring (bicyclic) bond motifs is 1. The molecule has 5 rings (SSSR count). The van der Waals surface area contributed by atoms with Gasteiger partial charge < -0.3 is 9.80 Å². The molecule has 1 saturated heterocycles. The minimum Gasteiger partial charge on any atom is -0.368 e. The largest absolute Gasteiger partial charge is 0.368 e. The molecule has 3 aromatic carbocycles. The normalized spacial score (nSPS) is 15.6. The highest BCUT2D eigenvalue weighted by Gasteiger charge is 2.36. The molecule has 34 heavy (non-hydrogen) atoms. The summed E-state index contributed by atoms with van der Waals surface area (Å²) in [6.07, 6.45) is 0.601. The van der Waals surface area contributed by atoms with Gasteiger partial charge in [0.2, 0.25) is 0 Å². The first-order valence-corrected chi connectivity index (χ1v) is 11.7. The lowest BCUT2D eigenvalue weighted by molar-refractivity contribution is 0.0655. The maximum atomic E-state index is 13.2. The summed E-state index contributed by atoms with van der Waals surface area (Å²) in [4.78, 5) is 44.4. The molecule has 0 radical (unpaired) electrons. The quantitative estimate of drug-likeness (QED) is 0.552. The van der Waals surface area contributed by atoms with Crippen LogP contribution >= 0.6 is 0 Å². The van der Waals surface area contributed by atoms with Gasteiger partial charge in [-0.25, -0.2) is 0 Å². The molecule has 0 aromatic heterocycles. The summed E-state index contributed by atoms with van der Waals surface area (Å²) in [6, 6.07) is 23.0. The zero-order chi connectivity index (χ0) is 23.7. The molecule has 3 aromatic rings. The summed E-state index contributed by atoms with van der Waals surface area (Å²) in [6.45, 7) is 5.13. The zero-order valence-electron chi connectivity index (χ0n) is 19.2. The van der Waals surface area contributed by atoms with Gasteiger partial charge in [0.15, 0.2) is 0 Å². The van der Waals surface area contributed by atoms with Crippen molar-refractivity contribution in [3.8, 4) is 0 Å². The van der Waals surface area contributed by atoms with E-state index in [0.717, 1.165) is 18.7 Å². The Morgan fingerprint density at radius 2 is 1.53 bits per heavy atom. The first-order chi connectivity index (χ1) is 16.5. The summed E-state index contributed by atoms with van der Waals surface area (Å²) in [5.41, 5.74) is 4.60. The highest BCUT2D eigenvalue weighted by Crippen LogP contribution is 2.25. The summed E-state index contributed by atoms with van der Waals surface area (Å²) >= 11 is 0. The minimum atomic E-state index is -0.324. The molecular formula is C28H27N3O3. The van der Waals surface area contributed by atoms with Crippen molar-refractivity contribution in [1.29, 1.82) is 0 Å². The van der Waals surface area contributed by atoms with Gasteiger partial charge in [-0.05, 0) is 54.8 Å². The molecule has 6 heteroatoms. The molecule has 0 bridgehead atoms. The van der Waals surface area contributed by atoms with Crippen molar-refractivity contribution in [2.45, 2.75) is 13.3 Å². The number of aryl methyl sites for hydroxylation is 1. The Hall–Kier alpha value is -3.93. The van der Waals surface area contributed by atoms with Gasteiger partial charge in [-0.3, -0.25) is 19.3 Å². The number of carbonyl (C=O) groups excluding carboxylic acids is 3. The van der Waals surface area contributed by atoms with Crippen molar-refractivity contribution >= 4 is 23.4 Å². The van der Waals surface area contributed by atoms with Crippen molar-refractivity contribution < 1.29 is 14.4 Å². The molecule has 6 nitrogen and oxygen atoms in total. The van der Waals surface area contributed by atoms with E-state index in [1.165, 1.54) is 16.2 Å². The second kappa shape index (κ2) is 9.14. The number of carbonyl (C=O) groups is 3. The Balaban J connectivity index is 1.25. The van der Waals surface area contributed by atoms with E-state index in [1.54, 1.807) is 18.2 Å². The van der Waals surface area contributed by atoms with Crippen LogP contribution in [-0.2, 0) is 6.42 Å². The number of nitrogens with zero attached hydrogens (tertiary/aromatic N) is 3. The molecule has 0 N–H and O–H groups in total. The molecule has 0 saturated carbocycles. The maximum absolute atomic E-state index is 13.2. The number of rotatable bonds is 5. The van der Waals surface area contributed by atoms with Gasteiger partial charge in [0.1, 0.15) is 0 Å². The summed E-state index contributed by atoms with van der Waals surface area (Å²) in [7, 11) is 0. The molecule has 0 unspecified atom stereocenters. The van der Waals surface area contributed by atoms with Gasteiger partial charge >= 0.3 is 0 Å². The van der Waals surface area contributed by atoms with Crippen LogP contribution in [0.15, 0.2) is 72.8 Å². The average Bonchev–Trinajstić information content (AvgIpc) is 3.11. The molecule has 0 aliphatic carbocycles. The van der Waals surface area contributed by atoms with Crippen LogP contribution in [0.5, 0.6) is 0 Å². The lowest BCUT2D eigenvalue weighted by Gasteiger charge is -2.36. The lowest BCUT2D eigenvalue weighted by Crippen LogP contribution is -2.48. The molecule has 1 fully saturated rings. The van der Waals surface area contributed by atoms with Crippen molar-refractivity contribution in [3.63, 3.8) is 0 Å². The van der Waals surface area contributed by atoms with Gasteiger partial charge in [0, 0.05) is 44.0 Å². The third kappa shape index (κ3) is 4.19. The Morgan fingerprint density at radius 3 is 2.26 bits per heavy atom. The number of benzene rings is 3. The van der Waals surface area contributed by atoms with Crippen molar-refractivity contribution in [1.82, 2.24) is 9.80 Å². The number of anilines is 1. The smallest absolute Gasteiger partial charge is 0.261 e. The molecule has 2 aliphatic rings. The predicted octanol–water partition coefficient (Wildman–Crippen LogP) is 3.80. The van der Waals surface area contributed by atoms with Crippen LogP contribution in [0.2, 0.25) is 0 Å². The fourth-order valence-corrected chi connectivity index (χ4v) is 4.69. The van der Waals surface area contributed by atoms with Crippen LogP contribution in [0.25, 0.3) is 0 Å². The summed E-state index contributed by atoms with van der Waals surface area (Å²) < 4.78 is 0. The van der Waals surface area contributed by atoms with E-state index in [0.29, 0.717) is 42.7 Å². The predicted molar refractivity (Wildman–Crippen MR) is 131 cm³/mol. The van der Waals surface area contributed by atoms with Gasteiger partial charge in [-0.15, -0.1) is 0 Å². The minimum absolute atomic E-state index is 0.102. The fraction of sp³-hybridized carbons (Fsp3) is 0.250. The topological polar surface area (TPSA) is 60.9 Å². The molecule has 0 spiro atoms. The molecule has 3 amide bonds. The highest BCUT2D eigenvalue weighted by atomic mass is 16.2. The van der Waals surface area contributed by atoms with Crippen LogP contribution in [0, 0.1) is 6.92 Å². The molecule has 2 heterocycles. The van der Waals surface area contributed by atoms with Crippen LogP contribution in [0.4, 0.5) is 5.69 Å². The first-order valence-electron chi connectivity index (χ1n) is 11.7. The van der Waals surface area contributed by atoms with Crippen LogP contribution in [0.3, 0.4) is 0 Å². The zero-order valence-corrected chi connectivity index (χ0v) is 19.2. The Morgan fingerprint density at radius 1 is 0.794 bits per heavy atom. The standard InChI is InChI=1S/C28H27N3O3/c1-20-6-5-9-23(18-20)29-14-16-30(17-15-29)26(32)22-10-11-24-25(19-22)28(34)31(27(24)33)13-12-21-7-3-2-4-8-21/h2-11,18-19H,12-17H2,1H3. The van der Waals surface area contributed by atoms with Gasteiger partial charge in [0.25, 0.3) is 17.7 Å². The van der Waals surface area contributed by atoms with Crippen molar-refractivity contribution in [2.24, 2.45) is 0 Å². The van der Waals surface area contributed by atoms with Gasteiger partial charge in [-0.1, -0.05) is 42.5 Å². The van der Waals surface area contributed by atoms with E-state index in [2.05, 4.69) is 30.0 Å². The van der Waals surface area contributed by atoms with E-state index in [1.807, 2.05) is 41.3 Å². The third-order valence-corrected chi connectivity index (χ3v) is 6.62. The molecule has 2 aliphatic heterocycles. The van der Waals surface area contributed by atoms with Gasteiger partial charge in [-0.2, -0.15) is 0 Å². The van der Waals surface area contributed by atoms with Crippen molar-refractivity contribution in [2.75, 3.05) is 37.6 Å². The van der Waals surface area contributed by atoms with Gasteiger partial charge in [0.05, 0.1) is 11.1 Å². The highest BCUT2D eigenvalue weighted by molar-refractivity contribution is 6.22. The van der Waals surface area contributed by atoms with Crippen molar-refractivity contribution in [3.05, 3.63) is 101 Å². The second-order valence-corrected chi connectivity index (χ2v) is 8.88. The first kappa shape index (κ1) is 21.9. The van der Waals surface area contributed by atoms with E-state index in [9.17, 15) is 14.4 Å². The van der Waals surface area contributed by atoms with E-state index >= 15 is 0 Å². The fourth-order valence-electron chi connectivity index (χ4n) is 4.69. The number of piperazine rings is 1. The molecule has 0 atom stereocenters. The number of imide groups is 1. The maximum Gasteiger partial charge on any atom is 0.261 e. The Bertz CT molecular complexity index is 1250. The number of hydrogen-bond acceptors (Lipinski definition) is 4.